The van der Waals surface area contributed by atoms with Gasteiger partial charge >= 0.3 is 0 Å². The molecular weight excluding hydrogens is 428 g/mol. The van der Waals surface area contributed by atoms with Gasteiger partial charge in [-0.25, -0.2) is 8.42 Å². The Morgan fingerprint density at radius 3 is 2.55 bits per heavy atom. The maximum atomic E-state index is 12.7. The number of fused-ring (bicyclic) bond motifs is 1. The molecule has 0 bridgehead atoms. The molecule has 4 rings (SSSR count). The van der Waals surface area contributed by atoms with Crippen LogP contribution in [-0.2, 0) is 21.1 Å². The fourth-order valence-corrected chi connectivity index (χ4v) is 8.04. The Labute approximate surface area is 180 Å². The number of hydrogen-bond donors (Lipinski definition) is 0. The minimum Gasteiger partial charge on any atom is -0.316 e. The summed E-state index contributed by atoms with van der Waals surface area (Å²) in [6.45, 7) is 4.00. The number of aliphatic imine (C=N–C) groups is 1. The maximum absolute atomic E-state index is 12.7. The van der Waals surface area contributed by atoms with Gasteiger partial charge < -0.3 is 4.90 Å². The van der Waals surface area contributed by atoms with E-state index < -0.39 is 9.84 Å². The van der Waals surface area contributed by atoms with Crippen LogP contribution in [0.4, 0.5) is 5.69 Å². The van der Waals surface area contributed by atoms with Crippen molar-refractivity contribution < 1.29 is 13.2 Å². The summed E-state index contributed by atoms with van der Waals surface area (Å²) in [4.78, 5) is 19.0. The zero-order valence-electron chi connectivity index (χ0n) is 16.1. The number of carbonyl (C=O) groups is 1. The predicted molar refractivity (Wildman–Crippen MR) is 120 cm³/mol. The summed E-state index contributed by atoms with van der Waals surface area (Å²) in [5.41, 5.74) is 3.77. The number of rotatable bonds is 3. The van der Waals surface area contributed by atoms with Gasteiger partial charge in [-0.2, -0.15) is 4.99 Å². The molecule has 2 aliphatic heterocycles. The number of amidine groups is 1. The molecule has 2 aromatic carbocycles. The molecule has 2 fully saturated rings. The van der Waals surface area contributed by atoms with Crippen LogP contribution in [0.5, 0.6) is 0 Å². The molecule has 2 saturated heterocycles. The molecular formula is C21H21ClN2O3S2. The number of thioether (sulfide) groups is 1. The lowest BCUT2D eigenvalue weighted by Crippen LogP contribution is -2.37. The van der Waals surface area contributed by atoms with Gasteiger partial charge in [-0.1, -0.05) is 47.6 Å². The highest BCUT2D eigenvalue weighted by Gasteiger charge is 2.49. The highest BCUT2D eigenvalue weighted by atomic mass is 35.5. The highest BCUT2D eigenvalue weighted by molar-refractivity contribution is 8.16. The molecule has 0 unspecified atom stereocenters. The van der Waals surface area contributed by atoms with Crippen molar-refractivity contribution in [1.82, 2.24) is 0 Å². The Kier molecular flexibility index (Phi) is 5.48. The van der Waals surface area contributed by atoms with Crippen molar-refractivity contribution in [2.75, 3.05) is 16.4 Å². The molecule has 1 amide bonds. The van der Waals surface area contributed by atoms with Gasteiger partial charge in [0.15, 0.2) is 15.0 Å². The number of carbonyl (C=O) groups excluding carboxylic acids is 1. The second-order valence-corrected chi connectivity index (χ2v) is 11.3. The number of aryl methyl sites for hydroxylation is 2. The van der Waals surface area contributed by atoms with Gasteiger partial charge in [0.05, 0.1) is 24.0 Å². The molecule has 5 nitrogen and oxygen atoms in total. The molecule has 0 aliphatic carbocycles. The monoisotopic (exact) mass is 448 g/mol. The van der Waals surface area contributed by atoms with Gasteiger partial charge in [0.25, 0.3) is 5.91 Å². The summed E-state index contributed by atoms with van der Waals surface area (Å²) in [5.74, 6) is -0.102. The van der Waals surface area contributed by atoms with Crippen LogP contribution < -0.4 is 4.90 Å². The van der Waals surface area contributed by atoms with Crippen LogP contribution in [0.1, 0.15) is 16.7 Å². The van der Waals surface area contributed by atoms with E-state index in [9.17, 15) is 13.2 Å². The van der Waals surface area contributed by atoms with Gasteiger partial charge in [-0.05, 0) is 48.7 Å². The molecule has 2 heterocycles. The van der Waals surface area contributed by atoms with Crippen LogP contribution in [0, 0.1) is 13.8 Å². The van der Waals surface area contributed by atoms with Crippen molar-refractivity contribution in [2.24, 2.45) is 4.99 Å². The molecule has 0 aromatic heterocycles. The van der Waals surface area contributed by atoms with Crippen LogP contribution >= 0.6 is 23.4 Å². The Bertz CT molecular complexity index is 1090. The summed E-state index contributed by atoms with van der Waals surface area (Å²) in [5, 5.41) is 0.985. The zero-order chi connectivity index (χ0) is 20.8. The Morgan fingerprint density at radius 1 is 1.17 bits per heavy atom. The Morgan fingerprint density at radius 2 is 1.86 bits per heavy atom. The summed E-state index contributed by atoms with van der Waals surface area (Å²) in [6, 6.07) is 13.1. The molecule has 0 spiro atoms. The number of anilines is 1. The van der Waals surface area contributed by atoms with E-state index in [2.05, 4.69) is 11.1 Å². The molecule has 2 aromatic rings. The SMILES string of the molecule is Cc1cc(C)cc(N2C(=NC(=O)Cc3ccccc3Cl)S[C@H]3CS(=O)(=O)C[C@H]32)c1. The second kappa shape index (κ2) is 7.78. The summed E-state index contributed by atoms with van der Waals surface area (Å²) >= 11 is 7.55. The topological polar surface area (TPSA) is 66.8 Å². The second-order valence-electron chi connectivity index (χ2n) is 7.57. The highest BCUT2D eigenvalue weighted by Crippen LogP contribution is 2.41. The number of nitrogens with zero attached hydrogens (tertiary/aromatic N) is 2. The van der Waals surface area contributed by atoms with Crippen molar-refractivity contribution in [1.29, 1.82) is 0 Å². The van der Waals surface area contributed by atoms with Crippen LogP contribution in [0.2, 0.25) is 5.02 Å². The van der Waals surface area contributed by atoms with Crippen molar-refractivity contribution in [3.8, 4) is 0 Å². The first-order valence-corrected chi connectivity index (χ1v) is 12.4. The van der Waals surface area contributed by atoms with Gasteiger partial charge in [-0.3, -0.25) is 4.79 Å². The molecule has 29 heavy (non-hydrogen) atoms. The summed E-state index contributed by atoms with van der Waals surface area (Å²) < 4.78 is 24.4. The fraction of sp³-hybridized carbons (Fsp3) is 0.333. The predicted octanol–water partition coefficient (Wildman–Crippen LogP) is 3.80. The standard InChI is InChI=1S/C21H21ClN2O3S2/c1-13-7-14(2)9-16(8-13)24-18-11-29(26,27)12-19(18)28-21(24)23-20(25)10-15-5-3-4-6-17(15)22/h3-9,18-19H,10-12H2,1-2H3/t18-,19+/m1/s1. The van der Waals surface area contributed by atoms with Crippen LogP contribution in [0.3, 0.4) is 0 Å². The average Bonchev–Trinajstić information content (AvgIpc) is 3.06. The molecule has 152 valence electrons. The van der Waals surface area contributed by atoms with Crippen LogP contribution in [0.25, 0.3) is 0 Å². The van der Waals surface area contributed by atoms with E-state index in [4.69, 9.17) is 11.6 Å². The number of benzene rings is 2. The smallest absolute Gasteiger partial charge is 0.252 e. The largest absolute Gasteiger partial charge is 0.316 e. The molecule has 0 N–H and O–H groups in total. The van der Waals surface area contributed by atoms with Crippen LogP contribution in [-0.4, -0.2) is 42.3 Å². The van der Waals surface area contributed by atoms with E-state index in [0.717, 1.165) is 22.4 Å². The third kappa shape index (κ3) is 4.37. The van der Waals surface area contributed by atoms with Crippen LogP contribution in [0.15, 0.2) is 47.5 Å². The third-order valence-corrected chi connectivity index (χ3v) is 8.65. The van der Waals surface area contributed by atoms with E-state index in [-0.39, 0.29) is 35.1 Å². The molecule has 2 aliphatic rings. The van der Waals surface area contributed by atoms with E-state index >= 15 is 0 Å². The number of sulfone groups is 1. The normalized spacial score (nSPS) is 24.1. The molecule has 0 saturated carbocycles. The fourth-order valence-electron chi connectivity index (χ4n) is 3.91. The first kappa shape index (κ1) is 20.4. The summed E-state index contributed by atoms with van der Waals surface area (Å²) in [6.07, 6.45) is 0.109. The number of amides is 1. The first-order valence-electron chi connectivity index (χ1n) is 9.31. The first-order chi connectivity index (χ1) is 13.7. The van der Waals surface area contributed by atoms with Crippen molar-refractivity contribution in [2.45, 2.75) is 31.6 Å². The maximum Gasteiger partial charge on any atom is 0.252 e. The Hall–Kier alpha value is -1.83. The quantitative estimate of drug-likeness (QED) is 0.714. The van der Waals surface area contributed by atoms with E-state index in [0.29, 0.717) is 10.2 Å². The van der Waals surface area contributed by atoms with Crippen molar-refractivity contribution in [3.63, 3.8) is 0 Å². The Balaban J connectivity index is 1.68. The lowest BCUT2D eigenvalue weighted by Gasteiger charge is -2.25. The van der Waals surface area contributed by atoms with Gasteiger partial charge in [0.2, 0.25) is 0 Å². The molecule has 0 radical (unpaired) electrons. The van der Waals surface area contributed by atoms with E-state index in [1.807, 2.05) is 49.1 Å². The summed E-state index contributed by atoms with van der Waals surface area (Å²) in [7, 11) is -3.09. The van der Waals surface area contributed by atoms with Crippen molar-refractivity contribution in [3.05, 3.63) is 64.2 Å². The van der Waals surface area contributed by atoms with E-state index in [1.54, 1.807) is 6.07 Å². The average molecular weight is 449 g/mol. The molecule has 8 heteroatoms. The number of hydrogen-bond acceptors (Lipinski definition) is 4. The van der Waals surface area contributed by atoms with Gasteiger partial charge in [0, 0.05) is 16.0 Å². The van der Waals surface area contributed by atoms with Gasteiger partial charge in [0.1, 0.15) is 0 Å². The minimum atomic E-state index is -3.09. The lowest BCUT2D eigenvalue weighted by molar-refractivity contribution is -0.117. The van der Waals surface area contributed by atoms with Crippen molar-refractivity contribution >= 4 is 50.0 Å². The third-order valence-electron chi connectivity index (χ3n) is 5.07. The van der Waals surface area contributed by atoms with E-state index in [1.165, 1.54) is 11.8 Å². The zero-order valence-corrected chi connectivity index (χ0v) is 18.5. The molecule has 2 atom stereocenters. The lowest BCUT2D eigenvalue weighted by atomic mass is 10.1. The number of halogens is 1. The van der Waals surface area contributed by atoms with Gasteiger partial charge in [-0.15, -0.1) is 0 Å². The minimum absolute atomic E-state index is 0.0788.